The zero-order chi connectivity index (χ0) is 16.0. The van der Waals surface area contributed by atoms with Crippen LogP contribution in [0, 0.1) is 0 Å². The Morgan fingerprint density at radius 3 is 2.52 bits per heavy atom. The lowest BCUT2D eigenvalue weighted by Crippen LogP contribution is -2.21. The van der Waals surface area contributed by atoms with Gasteiger partial charge >= 0.3 is 5.97 Å². The average Bonchev–Trinajstić information content (AvgIpc) is 2.38. The van der Waals surface area contributed by atoms with Crippen LogP contribution >= 0.6 is 11.6 Å². The molecule has 0 aliphatic carbocycles. The molecule has 21 heavy (non-hydrogen) atoms. The average molecular weight is 336 g/mol. The maximum Gasteiger partial charge on any atom is 0.337 e. The van der Waals surface area contributed by atoms with Crippen molar-refractivity contribution >= 4 is 33.3 Å². The first kappa shape index (κ1) is 17.3. The van der Waals surface area contributed by atoms with Crippen LogP contribution < -0.4 is 10.5 Å². The molecule has 0 aromatic heterocycles. The Morgan fingerprint density at radius 1 is 1.29 bits per heavy atom. The number of halogens is 1. The van der Waals surface area contributed by atoms with Crippen molar-refractivity contribution in [3.05, 3.63) is 28.8 Å². The summed E-state index contributed by atoms with van der Waals surface area (Å²) in [5, 5.41) is 8.95. The van der Waals surface area contributed by atoms with E-state index in [9.17, 15) is 18.0 Å². The number of carbonyl (C=O) groups is 2. The van der Waals surface area contributed by atoms with Crippen LogP contribution in [0.4, 0.5) is 0 Å². The molecule has 0 saturated carbocycles. The standard InChI is InChI=1S/C12H14ClNO6S/c13-10-2-1-8(7-9(10)12(16)17)20-4-6-21(18,19)5-3-11(14)15/h1-2,7H,3-6H2,(H2,14,15)(H,16,17). The van der Waals surface area contributed by atoms with E-state index in [1.807, 2.05) is 0 Å². The fraction of sp³-hybridized carbons (Fsp3) is 0.333. The van der Waals surface area contributed by atoms with E-state index in [-0.39, 0.29) is 40.9 Å². The molecule has 9 heteroatoms. The summed E-state index contributed by atoms with van der Waals surface area (Å²) < 4.78 is 28.3. The van der Waals surface area contributed by atoms with E-state index in [4.69, 9.17) is 27.2 Å². The normalized spacial score (nSPS) is 11.1. The van der Waals surface area contributed by atoms with Gasteiger partial charge < -0.3 is 15.6 Å². The molecule has 0 aliphatic rings. The second-order valence-corrected chi connectivity index (χ2v) is 6.87. The van der Waals surface area contributed by atoms with Crippen molar-refractivity contribution in [2.75, 3.05) is 18.1 Å². The van der Waals surface area contributed by atoms with E-state index in [1.54, 1.807) is 0 Å². The van der Waals surface area contributed by atoms with Gasteiger partial charge in [0.25, 0.3) is 0 Å². The second-order valence-electron chi connectivity index (χ2n) is 4.16. The highest BCUT2D eigenvalue weighted by Crippen LogP contribution is 2.22. The van der Waals surface area contributed by atoms with Crippen LogP contribution in [0.3, 0.4) is 0 Å². The first-order valence-electron chi connectivity index (χ1n) is 5.85. The van der Waals surface area contributed by atoms with Gasteiger partial charge in [0.1, 0.15) is 12.4 Å². The number of benzene rings is 1. The molecular formula is C12H14ClNO6S. The van der Waals surface area contributed by atoms with Gasteiger partial charge in [0.2, 0.25) is 5.91 Å². The van der Waals surface area contributed by atoms with Crippen LogP contribution in [0.5, 0.6) is 5.75 Å². The van der Waals surface area contributed by atoms with E-state index in [0.717, 1.165) is 0 Å². The third-order valence-corrected chi connectivity index (χ3v) is 4.44. The lowest BCUT2D eigenvalue weighted by molar-refractivity contribution is -0.117. The lowest BCUT2D eigenvalue weighted by Gasteiger charge is -2.08. The molecule has 116 valence electrons. The Morgan fingerprint density at radius 2 is 1.95 bits per heavy atom. The summed E-state index contributed by atoms with van der Waals surface area (Å²) in [7, 11) is -3.45. The van der Waals surface area contributed by atoms with E-state index >= 15 is 0 Å². The molecule has 1 aromatic carbocycles. The number of ether oxygens (including phenoxy) is 1. The van der Waals surface area contributed by atoms with Gasteiger partial charge in [-0.05, 0) is 18.2 Å². The van der Waals surface area contributed by atoms with Crippen molar-refractivity contribution in [3.63, 3.8) is 0 Å². The quantitative estimate of drug-likeness (QED) is 0.721. The fourth-order valence-electron chi connectivity index (χ4n) is 1.40. The zero-order valence-electron chi connectivity index (χ0n) is 10.9. The number of aromatic carboxylic acids is 1. The number of carbonyl (C=O) groups excluding carboxylic acids is 1. The highest BCUT2D eigenvalue weighted by atomic mass is 35.5. The second kappa shape index (κ2) is 7.28. The topological polar surface area (TPSA) is 124 Å². The smallest absolute Gasteiger partial charge is 0.337 e. The Balaban J connectivity index is 2.58. The summed E-state index contributed by atoms with van der Waals surface area (Å²) in [5.41, 5.74) is 4.74. The number of hydrogen-bond acceptors (Lipinski definition) is 5. The molecular weight excluding hydrogens is 322 g/mol. The summed E-state index contributed by atoms with van der Waals surface area (Å²) in [4.78, 5) is 21.4. The maximum absolute atomic E-state index is 11.6. The highest BCUT2D eigenvalue weighted by Gasteiger charge is 2.14. The molecule has 0 bridgehead atoms. The number of primary amides is 1. The first-order chi connectivity index (χ1) is 9.71. The van der Waals surface area contributed by atoms with Gasteiger partial charge in [0, 0.05) is 6.42 Å². The van der Waals surface area contributed by atoms with Gasteiger partial charge in [0.15, 0.2) is 9.84 Å². The summed E-state index contributed by atoms with van der Waals surface area (Å²) >= 11 is 5.69. The number of sulfone groups is 1. The summed E-state index contributed by atoms with van der Waals surface area (Å²) in [6.45, 7) is -0.165. The molecule has 7 nitrogen and oxygen atoms in total. The minimum atomic E-state index is -3.45. The Bertz CT molecular complexity index is 643. The molecule has 0 fully saturated rings. The van der Waals surface area contributed by atoms with Crippen LogP contribution in [0.1, 0.15) is 16.8 Å². The SMILES string of the molecule is NC(=O)CCS(=O)(=O)CCOc1ccc(Cl)c(C(=O)O)c1. The number of carboxylic acid groups (broad SMARTS) is 1. The number of carboxylic acids is 1. The molecule has 1 amide bonds. The van der Waals surface area contributed by atoms with Crippen LogP contribution in [-0.2, 0) is 14.6 Å². The van der Waals surface area contributed by atoms with Crippen LogP contribution in [0.25, 0.3) is 0 Å². The lowest BCUT2D eigenvalue weighted by atomic mass is 10.2. The maximum atomic E-state index is 11.6. The molecule has 1 rings (SSSR count). The van der Waals surface area contributed by atoms with Crippen LogP contribution in [0.15, 0.2) is 18.2 Å². The molecule has 0 atom stereocenters. The number of hydrogen-bond donors (Lipinski definition) is 2. The van der Waals surface area contributed by atoms with Crippen molar-refractivity contribution in [1.29, 1.82) is 0 Å². The van der Waals surface area contributed by atoms with Gasteiger partial charge in [0.05, 0.1) is 22.1 Å². The van der Waals surface area contributed by atoms with Gasteiger partial charge in [-0.1, -0.05) is 11.6 Å². The summed E-state index contributed by atoms with van der Waals surface area (Å²) in [6.07, 6.45) is -0.244. The molecule has 0 saturated heterocycles. The van der Waals surface area contributed by atoms with Crippen LogP contribution in [0.2, 0.25) is 5.02 Å². The number of amides is 1. The number of rotatable bonds is 8. The molecule has 0 unspecified atom stereocenters. The van der Waals surface area contributed by atoms with E-state index in [1.165, 1.54) is 18.2 Å². The van der Waals surface area contributed by atoms with Gasteiger partial charge in [-0.15, -0.1) is 0 Å². The predicted octanol–water partition coefficient (Wildman–Crippen LogP) is 0.707. The zero-order valence-corrected chi connectivity index (χ0v) is 12.5. The fourth-order valence-corrected chi connectivity index (χ4v) is 2.65. The Kier molecular flexibility index (Phi) is 5.98. The first-order valence-corrected chi connectivity index (χ1v) is 8.05. The highest BCUT2D eigenvalue weighted by molar-refractivity contribution is 7.91. The Labute approximate surface area is 126 Å². The summed E-state index contributed by atoms with van der Waals surface area (Å²) in [6, 6.07) is 3.99. The van der Waals surface area contributed by atoms with E-state index in [2.05, 4.69) is 0 Å². The summed E-state index contributed by atoms with van der Waals surface area (Å²) in [5.74, 6) is -2.34. The Hall–Kier alpha value is -1.80. The van der Waals surface area contributed by atoms with Gasteiger partial charge in [-0.2, -0.15) is 0 Å². The van der Waals surface area contributed by atoms with Gasteiger partial charge in [-0.25, -0.2) is 13.2 Å². The van der Waals surface area contributed by atoms with Crippen molar-refractivity contribution in [2.24, 2.45) is 5.73 Å². The molecule has 3 N–H and O–H groups in total. The van der Waals surface area contributed by atoms with Crippen LogP contribution in [-0.4, -0.2) is 43.5 Å². The van der Waals surface area contributed by atoms with E-state index < -0.39 is 21.7 Å². The molecule has 0 spiro atoms. The number of nitrogens with two attached hydrogens (primary N) is 1. The van der Waals surface area contributed by atoms with E-state index in [0.29, 0.717) is 0 Å². The third-order valence-electron chi connectivity index (χ3n) is 2.49. The van der Waals surface area contributed by atoms with Gasteiger partial charge in [-0.3, -0.25) is 4.79 Å². The van der Waals surface area contributed by atoms with Crippen molar-refractivity contribution in [3.8, 4) is 5.75 Å². The molecule has 0 aliphatic heterocycles. The minimum Gasteiger partial charge on any atom is -0.493 e. The van der Waals surface area contributed by atoms with Crippen molar-refractivity contribution < 1.29 is 27.9 Å². The molecule has 1 aromatic rings. The minimum absolute atomic E-state index is 0.0592. The third kappa shape index (κ3) is 6.01. The largest absolute Gasteiger partial charge is 0.493 e. The van der Waals surface area contributed by atoms with Crippen molar-refractivity contribution in [2.45, 2.75) is 6.42 Å². The molecule has 0 radical (unpaired) electrons. The van der Waals surface area contributed by atoms with Crippen molar-refractivity contribution in [1.82, 2.24) is 0 Å². The molecule has 0 heterocycles. The predicted molar refractivity (Wildman–Crippen MR) is 76.4 cm³/mol. The monoisotopic (exact) mass is 335 g/mol.